The molecule has 0 unspecified atom stereocenters. The molecule has 0 fully saturated rings. The molecule has 2 aromatic carbocycles. The summed E-state index contributed by atoms with van der Waals surface area (Å²) in [4.78, 5) is 12.5. The van der Waals surface area contributed by atoms with Crippen molar-refractivity contribution < 1.29 is 22.7 Å². The van der Waals surface area contributed by atoms with E-state index in [-0.39, 0.29) is 10.7 Å². The van der Waals surface area contributed by atoms with Crippen molar-refractivity contribution in [2.45, 2.75) is 6.18 Å². The number of carbonyl (C=O) groups is 1. The van der Waals surface area contributed by atoms with Crippen LogP contribution < -0.4 is 10.1 Å². The predicted octanol–water partition coefficient (Wildman–Crippen LogP) is 4.81. The third-order valence-electron chi connectivity index (χ3n) is 3.66. The Labute approximate surface area is 157 Å². The third-order valence-corrected chi connectivity index (χ3v) is 3.90. The monoisotopic (exact) mass is 395 g/mol. The lowest BCUT2D eigenvalue weighted by Crippen LogP contribution is -2.20. The fraction of sp³-hybridized carbons (Fsp3) is 0.111. The number of ether oxygens (including phenoxy) is 1. The van der Waals surface area contributed by atoms with Gasteiger partial charge in [-0.25, -0.2) is 4.68 Å². The number of alkyl halides is 3. The second kappa shape index (κ2) is 7.32. The van der Waals surface area contributed by atoms with Crippen LogP contribution in [0, 0.1) is 0 Å². The number of nitrogens with zero attached hydrogens (tertiary/aromatic N) is 2. The summed E-state index contributed by atoms with van der Waals surface area (Å²) in [6.45, 7) is 0. The molecule has 0 spiro atoms. The Balaban J connectivity index is 2.01. The molecule has 3 rings (SSSR count). The van der Waals surface area contributed by atoms with Crippen LogP contribution in [0.25, 0.3) is 5.69 Å². The van der Waals surface area contributed by atoms with Crippen molar-refractivity contribution in [3.8, 4) is 11.4 Å². The molecule has 1 amide bonds. The van der Waals surface area contributed by atoms with Gasteiger partial charge in [-0.05, 0) is 30.3 Å². The number of halogens is 4. The Bertz CT molecular complexity index is 986. The van der Waals surface area contributed by atoms with Crippen molar-refractivity contribution in [2.75, 3.05) is 12.4 Å². The van der Waals surface area contributed by atoms with Crippen LogP contribution in [0.1, 0.15) is 16.1 Å². The molecule has 5 nitrogen and oxygen atoms in total. The van der Waals surface area contributed by atoms with Gasteiger partial charge in [0.25, 0.3) is 5.91 Å². The minimum absolute atomic E-state index is 0.0928. The number of hydrogen-bond acceptors (Lipinski definition) is 3. The largest absolute Gasteiger partial charge is 0.497 e. The number of amides is 1. The topological polar surface area (TPSA) is 56.1 Å². The summed E-state index contributed by atoms with van der Waals surface area (Å²) in [6.07, 6.45) is -3.93. The Morgan fingerprint density at radius 2 is 1.93 bits per heavy atom. The zero-order chi connectivity index (χ0) is 19.6. The molecular weight excluding hydrogens is 383 g/mol. The van der Waals surface area contributed by atoms with E-state index in [1.54, 1.807) is 12.1 Å². The smallest absolute Gasteiger partial charge is 0.434 e. The van der Waals surface area contributed by atoms with Crippen LogP contribution in [-0.2, 0) is 6.18 Å². The van der Waals surface area contributed by atoms with Crippen LogP contribution in [0.3, 0.4) is 0 Å². The standard InChI is InChI=1S/C18H13ClF3N3O2/c1-27-14-7-3-5-12(9-14)24-17(26)15-10-23-25(16(15)18(20,21)22)13-6-2-4-11(19)8-13/h2-10H,1H3,(H,24,26). The molecule has 0 atom stereocenters. The first-order chi connectivity index (χ1) is 12.8. The van der Waals surface area contributed by atoms with E-state index in [1.165, 1.54) is 43.5 Å². The Hall–Kier alpha value is -3.00. The number of methoxy groups -OCH3 is 1. The second-order valence-electron chi connectivity index (χ2n) is 5.48. The quantitative estimate of drug-likeness (QED) is 0.690. The van der Waals surface area contributed by atoms with Crippen LogP contribution in [-0.4, -0.2) is 22.8 Å². The number of hydrogen-bond donors (Lipinski definition) is 1. The fourth-order valence-electron chi connectivity index (χ4n) is 2.49. The van der Waals surface area contributed by atoms with Gasteiger partial charge in [-0.2, -0.15) is 18.3 Å². The van der Waals surface area contributed by atoms with E-state index in [1.807, 2.05) is 0 Å². The maximum Gasteiger partial charge on any atom is 0.434 e. The van der Waals surface area contributed by atoms with Crippen LogP contribution in [0.4, 0.5) is 18.9 Å². The fourth-order valence-corrected chi connectivity index (χ4v) is 2.67. The van der Waals surface area contributed by atoms with Crippen LogP contribution in [0.15, 0.2) is 54.7 Å². The molecule has 3 aromatic rings. The summed E-state index contributed by atoms with van der Waals surface area (Å²) >= 11 is 5.85. The molecule has 1 aromatic heterocycles. The molecular formula is C18H13ClF3N3O2. The van der Waals surface area contributed by atoms with Crippen molar-refractivity contribution in [1.82, 2.24) is 9.78 Å². The van der Waals surface area contributed by atoms with E-state index in [0.29, 0.717) is 16.1 Å². The molecule has 27 heavy (non-hydrogen) atoms. The highest BCUT2D eigenvalue weighted by atomic mass is 35.5. The highest BCUT2D eigenvalue weighted by Gasteiger charge is 2.40. The maximum atomic E-state index is 13.7. The van der Waals surface area contributed by atoms with Crippen LogP contribution in [0.2, 0.25) is 5.02 Å². The van der Waals surface area contributed by atoms with Crippen LogP contribution in [0.5, 0.6) is 5.75 Å². The van der Waals surface area contributed by atoms with E-state index in [4.69, 9.17) is 16.3 Å². The molecule has 0 saturated heterocycles. The summed E-state index contributed by atoms with van der Waals surface area (Å²) in [7, 11) is 1.44. The summed E-state index contributed by atoms with van der Waals surface area (Å²) < 4.78 is 46.6. The number of aromatic nitrogens is 2. The van der Waals surface area contributed by atoms with Gasteiger partial charge in [-0.3, -0.25) is 4.79 Å². The lowest BCUT2D eigenvalue weighted by molar-refractivity contribution is -0.143. The SMILES string of the molecule is COc1cccc(NC(=O)c2cnn(-c3cccc(Cl)c3)c2C(F)(F)F)c1. The minimum atomic E-state index is -4.81. The van der Waals surface area contributed by atoms with E-state index in [2.05, 4.69) is 10.4 Å². The number of anilines is 1. The van der Waals surface area contributed by atoms with Crippen molar-refractivity contribution in [1.29, 1.82) is 0 Å². The average Bonchev–Trinajstić information content (AvgIpc) is 3.07. The van der Waals surface area contributed by atoms with Gasteiger partial charge in [0.05, 0.1) is 24.6 Å². The molecule has 9 heteroatoms. The highest BCUT2D eigenvalue weighted by molar-refractivity contribution is 6.30. The van der Waals surface area contributed by atoms with E-state index >= 15 is 0 Å². The molecule has 1 N–H and O–H groups in total. The van der Waals surface area contributed by atoms with Crippen molar-refractivity contribution in [2.24, 2.45) is 0 Å². The summed E-state index contributed by atoms with van der Waals surface area (Å²) in [5.74, 6) is -0.484. The summed E-state index contributed by atoms with van der Waals surface area (Å²) in [6, 6.07) is 12.0. The summed E-state index contributed by atoms with van der Waals surface area (Å²) in [5.41, 5.74) is -1.41. The minimum Gasteiger partial charge on any atom is -0.497 e. The number of nitrogens with one attached hydrogen (secondary N) is 1. The van der Waals surface area contributed by atoms with E-state index in [0.717, 1.165) is 6.20 Å². The molecule has 0 saturated carbocycles. The molecule has 1 heterocycles. The maximum absolute atomic E-state index is 13.7. The van der Waals surface area contributed by atoms with Crippen molar-refractivity contribution in [3.05, 3.63) is 71.0 Å². The van der Waals surface area contributed by atoms with Crippen molar-refractivity contribution in [3.63, 3.8) is 0 Å². The first-order valence-electron chi connectivity index (χ1n) is 7.66. The molecule has 0 aliphatic carbocycles. The lowest BCUT2D eigenvalue weighted by atomic mass is 10.2. The number of benzene rings is 2. The predicted molar refractivity (Wildman–Crippen MR) is 94.5 cm³/mol. The molecule has 0 bridgehead atoms. The number of rotatable bonds is 4. The van der Waals surface area contributed by atoms with Gasteiger partial charge in [-0.1, -0.05) is 23.7 Å². The van der Waals surface area contributed by atoms with Crippen molar-refractivity contribution >= 4 is 23.2 Å². The lowest BCUT2D eigenvalue weighted by Gasteiger charge is -2.13. The van der Waals surface area contributed by atoms with Gasteiger partial charge in [0.15, 0.2) is 5.69 Å². The third kappa shape index (κ3) is 4.06. The molecule has 0 aliphatic heterocycles. The van der Waals surface area contributed by atoms with Gasteiger partial charge >= 0.3 is 6.18 Å². The van der Waals surface area contributed by atoms with Gasteiger partial charge < -0.3 is 10.1 Å². The molecule has 140 valence electrons. The van der Waals surface area contributed by atoms with E-state index in [9.17, 15) is 18.0 Å². The Morgan fingerprint density at radius 1 is 1.19 bits per heavy atom. The van der Waals surface area contributed by atoms with Gasteiger partial charge in [0.1, 0.15) is 5.75 Å². The Kier molecular flexibility index (Phi) is 5.09. The first kappa shape index (κ1) is 18.8. The normalized spacial score (nSPS) is 11.3. The van der Waals surface area contributed by atoms with Gasteiger partial charge in [-0.15, -0.1) is 0 Å². The zero-order valence-electron chi connectivity index (χ0n) is 13.9. The number of carbonyl (C=O) groups excluding carboxylic acids is 1. The van der Waals surface area contributed by atoms with Gasteiger partial charge in [0.2, 0.25) is 0 Å². The van der Waals surface area contributed by atoms with Crippen LogP contribution >= 0.6 is 11.6 Å². The average molecular weight is 396 g/mol. The molecule has 0 aliphatic rings. The Morgan fingerprint density at radius 3 is 2.59 bits per heavy atom. The first-order valence-corrected chi connectivity index (χ1v) is 8.04. The second-order valence-corrected chi connectivity index (χ2v) is 5.92. The van der Waals surface area contributed by atoms with Gasteiger partial charge in [0, 0.05) is 16.8 Å². The van der Waals surface area contributed by atoms with E-state index < -0.39 is 23.3 Å². The highest BCUT2D eigenvalue weighted by Crippen LogP contribution is 2.34. The zero-order valence-corrected chi connectivity index (χ0v) is 14.7. The molecule has 0 radical (unpaired) electrons. The summed E-state index contributed by atoms with van der Waals surface area (Å²) in [5, 5.41) is 6.41.